The van der Waals surface area contributed by atoms with Gasteiger partial charge in [0, 0.05) is 42.3 Å². The number of halogens is 2. The summed E-state index contributed by atoms with van der Waals surface area (Å²) in [7, 11) is -9.26. The van der Waals surface area contributed by atoms with E-state index < -0.39 is 143 Å². The van der Waals surface area contributed by atoms with Gasteiger partial charge < -0.3 is 73.4 Å². The molecule has 4 aliphatic carbocycles. The second-order valence-electron chi connectivity index (χ2n) is 31.9. The van der Waals surface area contributed by atoms with Crippen LogP contribution in [0.3, 0.4) is 0 Å². The van der Waals surface area contributed by atoms with Gasteiger partial charge in [-0.25, -0.2) is 42.3 Å². The molecular weight excluding hydrogens is 1500 g/mol. The third-order valence-corrected chi connectivity index (χ3v) is 22.6. The number of para-hydroxylation sites is 2. The van der Waals surface area contributed by atoms with Gasteiger partial charge in [-0.1, -0.05) is 89.7 Å². The highest BCUT2D eigenvalue weighted by atomic mass is 35.5. The van der Waals surface area contributed by atoms with Gasteiger partial charge in [0.25, 0.3) is 0 Å². The van der Waals surface area contributed by atoms with Crippen molar-refractivity contribution in [1.29, 1.82) is 0 Å². The summed E-state index contributed by atoms with van der Waals surface area (Å²) in [6.45, 7) is 31.8. The lowest BCUT2D eigenvalue weighted by Crippen LogP contribution is -2.64. The van der Waals surface area contributed by atoms with E-state index in [4.69, 9.17) is 73.5 Å². The fourth-order valence-electron chi connectivity index (χ4n) is 12.4. The highest BCUT2D eigenvalue weighted by molar-refractivity contribution is 7.82. The van der Waals surface area contributed by atoms with Crippen LogP contribution in [-0.4, -0.2) is 180 Å². The lowest BCUT2D eigenvalue weighted by molar-refractivity contribution is -0.147. The molecule has 0 bridgehead atoms. The fourth-order valence-corrected chi connectivity index (χ4v) is 14.9. The van der Waals surface area contributed by atoms with E-state index in [1.54, 1.807) is 146 Å². The van der Waals surface area contributed by atoms with Crippen molar-refractivity contribution in [2.45, 2.75) is 258 Å². The third kappa shape index (κ3) is 21.7. The number of aliphatic carboxylic acids is 1. The average molecular weight is 1610 g/mol. The van der Waals surface area contributed by atoms with Crippen molar-refractivity contribution < 1.29 is 105 Å². The van der Waals surface area contributed by atoms with E-state index in [1.165, 1.54) is 11.8 Å². The van der Waals surface area contributed by atoms with Crippen LogP contribution >= 0.6 is 23.2 Å². The molecule has 6 aliphatic rings. The van der Waals surface area contributed by atoms with Crippen LogP contribution in [0.2, 0.25) is 10.0 Å². The molecule has 4 unspecified atom stereocenters. The molecule has 4 saturated carbocycles. The molecule has 6 fully saturated rings. The molecule has 5 amide bonds. The number of likely N-dealkylation sites (tertiary alicyclic amines) is 1. The van der Waals surface area contributed by atoms with Gasteiger partial charge in [0.05, 0.1) is 58.1 Å². The third-order valence-electron chi connectivity index (χ3n) is 20.1. The Bertz CT molecular complexity index is 4340. The zero-order chi connectivity index (χ0) is 81.2. The van der Waals surface area contributed by atoms with Crippen molar-refractivity contribution in [3.8, 4) is 23.3 Å². The number of carbonyl (C=O) groups is 8. The number of hydrogen-bond donors (Lipinski definition) is 6. The van der Waals surface area contributed by atoms with Crippen molar-refractivity contribution >= 4 is 114 Å². The van der Waals surface area contributed by atoms with Gasteiger partial charge in [-0.15, -0.1) is 0 Å². The van der Waals surface area contributed by atoms with Crippen molar-refractivity contribution in [3.63, 3.8) is 0 Å². The van der Waals surface area contributed by atoms with E-state index in [-0.39, 0.29) is 49.6 Å². The summed E-state index contributed by atoms with van der Waals surface area (Å²) in [5.41, 5.74) is -8.22. The molecule has 2 aliphatic heterocycles. The molecule has 2 aromatic heterocycles. The van der Waals surface area contributed by atoms with Gasteiger partial charge in [0.2, 0.25) is 29.5 Å². The summed E-state index contributed by atoms with van der Waals surface area (Å²) in [6.07, 6.45) is 1.12. The maximum Gasteiger partial charge on any atom is 0.452 e. The van der Waals surface area contributed by atoms with E-state index >= 15 is 0 Å². The number of alkyl carbamates (subject to hydrolysis) is 2. The topological polar surface area (TPSA) is 407 Å². The lowest BCUT2D eigenvalue weighted by Gasteiger charge is -2.38. The van der Waals surface area contributed by atoms with E-state index in [9.17, 15) is 55.2 Å². The van der Waals surface area contributed by atoms with Crippen LogP contribution < -0.4 is 45.5 Å². The first-order valence-corrected chi connectivity index (χ1v) is 40.0. The average Bonchev–Trinajstić information content (AvgIpc) is 1.58. The molecule has 10 atom stereocenters. The number of benzene rings is 2. The van der Waals surface area contributed by atoms with E-state index in [0.717, 1.165) is 0 Å². The van der Waals surface area contributed by atoms with Crippen molar-refractivity contribution in [2.75, 3.05) is 26.3 Å². The monoisotopic (exact) mass is 1610 g/mol. The number of amides is 5. The summed E-state index contributed by atoms with van der Waals surface area (Å²) in [6, 6.07) is 12.0. The number of aromatic nitrogens is 2. The largest absolute Gasteiger partial charge is 0.488 e. The number of ether oxygens (including phenoxy) is 6. The quantitative estimate of drug-likeness (QED) is 0.0308. The van der Waals surface area contributed by atoms with E-state index in [1.807, 2.05) is 19.9 Å². The second-order valence-corrected chi connectivity index (χ2v) is 35.0. The zero-order valence-corrected chi connectivity index (χ0v) is 68.1. The molecule has 0 spiro atoms. The van der Waals surface area contributed by atoms with Crippen LogP contribution in [-0.2, 0) is 75.8 Å². The number of rotatable bonds is 28. The molecule has 4 aromatic rings. The SMILES string of the molecule is CC(C)[C@](C)(NC(=O)OC(C)(C)C)C(=O)O.CCOc1cc(O[C@@H]2CC(C(=O)N[C@]3(C(=O)OS(=O)(=O)OC4(C)CC4)CC3CC)N(C(=O)[C@@](C)(NC(=O)OC(C)(C)C)C(C)C)C2)c2cccc(Cl)c2n1.CCOc1cc(O[C@H]2CNC(C(=O)N[C@]3(C(=O)OS(=O)(=O)OC4(C)CC4)CC3CC)C2)c2cccc(Cl)c2n1. The summed E-state index contributed by atoms with van der Waals surface area (Å²) in [4.78, 5) is 115. The highest BCUT2D eigenvalue weighted by Crippen LogP contribution is 2.50. The smallest absolute Gasteiger partial charge is 0.452 e. The van der Waals surface area contributed by atoms with E-state index in [2.05, 4.69) is 36.6 Å². The normalized spacial score (nSPS) is 24.0. The molecule has 2 saturated heterocycles. The molecule has 109 heavy (non-hydrogen) atoms. The number of pyridine rings is 2. The van der Waals surface area contributed by atoms with E-state index in [0.29, 0.717) is 114 Å². The number of carboxylic acids is 1. The first-order chi connectivity index (χ1) is 50.5. The van der Waals surface area contributed by atoms with Crippen molar-refractivity contribution in [1.82, 2.24) is 41.5 Å². The molecule has 6 N–H and O–H groups in total. The minimum Gasteiger partial charge on any atom is -0.488 e. The Morgan fingerprint density at radius 1 is 0.615 bits per heavy atom. The van der Waals surface area contributed by atoms with Gasteiger partial charge in [0.15, 0.2) is 0 Å². The lowest BCUT2D eigenvalue weighted by atomic mass is 9.86. The van der Waals surface area contributed by atoms with Crippen molar-refractivity contribution in [2.24, 2.45) is 23.7 Å². The number of fused-ring (bicyclic) bond motifs is 2. The standard InChI is InChI=1S/C37H51ClN4O11S.C26H32ClN3O8S.C11H21NO4/c1-10-22-19-37(22,32(45)52-54(47,48)53-35(8)15-16-35)40-30(43)26-17-23(50-27-18-28(49-11-2)39-29-24(27)13-12-14-25(29)38)20-42(26)31(44)36(9,21(3)4)41-33(46)51-34(5,6)7;1-4-15-13-26(15,24(32)37-39(33,34)38-25(3)9-10-25)30-23(31)19-11-16(14-28-19)36-20-12-21(35-5-2)29-22-17(20)7-6-8-18(22)27;1-7(2)11(6,8(13)14)12-9(15)16-10(3,4)5/h12-14,18,21-23,26H,10-11,15-17,19-20H2,1-9H3,(H,40,43)(H,41,46);6-8,12,15-16,19,28H,4-5,9-11,13-14H2,1-3H3,(H,30,31);7H,1-6H3,(H,12,15)(H,13,14)/t22?,23-,26?,36+,37-;15?,16-,19?,26-;11-/m110/s1. The maximum absolute atomic E-state index is 14.7. The van der Waals surface area contributed by atoms with Crippen molar-refractivity contribution in [3.05, 3.63) is 58.6 Å². The number of carbonyl (C=O) groups excluding carboxylic acids is 7. The zero-order valence-electron chi connectivity index (χ0n) is 65.0. The first-order valence-electron chi connectivity index (χ1n) is 36.6. The van der Waals surface area contributed by atoms with Crippen LogP contribution in [0.15, 0.2) is 48.5 Å². The Balaban J connectivity index is 0.000000236. The van der Waals surface area contributed by atoms with Crippen LogP contribution in [0.5, 0.6) is 23.3 Å². The predicted molar refractivity (Wildman–Crippen MR) is 400 cm³/mol. The molecule has 0 radical (unpaired) electrons. The summed E-state index contributed by atoms with van der Waals surface area (Å²) in [5.74, 6) is -4.89. The first kappa shape index (κ1) is 86.8. The Labute approximate surface area is 646 Å². The Hall–Kier alpha value is -7.82. The Morgan fingerprint density at radius 2 is 1.03 bits per heavy atom. The predicted octanol–water partition coefficient (Wildman–Crippen LogP) is 10.3. The summed E-state index contributed by atoms with van der Waals surface area (Å²) >= 11 is 12.8. The van der Waals surface area contributed by atoms with Gasteiger partial charge >= 0.3 is 50.9 Å². The number of nitrogens with zero attached hydrogens (tertiary/aromatic N) is 3. The minimum absolute atomic E-state index is 0.0335. The molecule has 4 heterocycles. The van der Waals surface area contributed by atoms with Gasteiger partial charge in [-0.05, 0) is 170 Å². The molecule has 2 aromatic carbocycles. The van der Waals surface area contributed by atoms with Gasteiger partial charge in [-0.3, -0.25) is 14.4 Å². The Morgan fingerprint density at radius 3 is 1.40 bits per heavy atom. The van der Waals surface area contributed by atoms with Crippen LogP contribution in [0, 0.1) is 23.7 Å². The van der Waals surface area contributed by atoms with Crippen LogP contribution in [0.4, 0.5) is 9.59 Å². The highest BCUT2D eigenvalue weighted by Gasteiger charge is 2.65. The number of carboxylic acid groups (broad SMARTS) is 1. The summed E-state index contributed by atoms with van der Waals surface area (Å²) < 4.78 is 104. The molecule has 31 nitrogen and oxygen atoms in total. The van der Waals surface area contributed by atoms with Gasteiger partial charge in [0.1, 0.15) is 63.1 Å². The summed E-state index contributed by atoms with van der Waals surface area (Å²) in [5, 5.41) is 25.0. The number of hydrogen-bond acceptors (Lipinski definition) is 25. The second kappa shape index (κ2) is 33.2. The molecule has 604 valence electrons. The van der Waals surface area contributed by atoms with Crippen LogP contribution in [0.25, 0.3) is 21.8 Å². The maximum atomic E-state index is 14.7. The molecular formula is C74H104Cl2N8O23S2. The number of nitrogens with one attached hydrogen (secondary N) is 5. The minimum atomic E-state index is -4.72. The fraction of sp³-hybridized carbons (Fsp3) is 0.649. The Kier molecular flexibility index (Phi) is 26.5. The van der Waals surface area contributed by atoms with Gasteiger partial charge in [-0.2, -0.15) is 16.8 Å². The molecule has 10 rings (SSSR count). The molecule has 35 heteroatoms. The van der Waals surface area contributed by atoms with Crippen LogP contribution in [0.1, 0.15) is 189 Å².